The van der Waals surface area contributed by atoms with E-state index in [4.69, 9.17) is 14.6 Å². The molecule has 0 bridgehead atoms. The van der Waals surface area contributed by atoms with Gasteiger partial charge in [0.05, 0.1) is 19.3 Å². The van der Waals surface area contributed by atoms with Crippen molar-refractivity contribution < 1.29 is 24.2 Å². The normalized spacial score (nSPS) is 10.7. The second-order valence-electron chi connectivity index (χ2n) is 6.84. The van der Waals surface area contributed by atoms with Crippen molar-refractivity contribution in [1.82, 2.24) is 5.32 Å². The first-order valence-electron chi connectivity index (χ1n) is 10.1. The molecule has 0 atom stereocenters. The van der Waals surface area contributed by atoms with Crippen molar-refractivity contribution >= 4 is 18.0 Å². The molecule has 0 spiro atoms. The molecule has 6 heteroatoms. The summed E-state index contributed by atoms with van der Waals surface area (Å²) in [6.45, 7) is 3.24. The first-order chi connectivity index (χ1) is 14.5. The molecule has 30 heavy (non-hydrogen) atoms. The number of hydrogen-bond acceptors (Lipinski definition) is 4. The van der Waals surface area contributed by atoms with Gasteiger partial charge in [-0.25, -0.2) is 4.79 Å². The lowest BCUT2D eigenvalue weighted by molar-refractivity contribution is -0.116. The van der Waals surface area contributed by atoms with Gasteiger partial charge in [0.15, 0.2) is 11.5 Å². The maximum atomic E-state index is 12.1. The van der Waals surface area contributed by atoms with E-state index in [9.17, 15) is 9.59 Å². The molecule has 6 nitrogen and oxygen atoms in total. The summed E-state index contributed by atoms with van der Waals surface area (Å²) in [5, 5.41) is 11.7. The van der Waals surface area contributed by atoms with Crippen molar-refractivity contribution in [3.8, 4) is 11.5 Å². The standard InChI is InChI=1S/C24H29NO5/c1-3-4-5-16-30-22-17-19(8-12-21(22)29-2)9-13-23(26)25-15-14-18-6-10-20(11-7-18)24(27)28/h6-13,17H,3-5,14-16H2,1-2H3,(H,25,26)(H,27,28). The molecule has 0 heterocycles. The van der Waals surface area contributed by atoms with Crippen LogP contribution in [-0.4, -0.2) is 37.2 Å². The van der Waals surface area contributed by atoms with E-state index >= 15 is 0 Å². The van der Waals surface area contributed by atoms with E-state index < -0.39 is 5.97 Å². The number of nitrogens with one attached hydrogen (secondary N) is 1. The summed E-state index contributed by atoms with van der Waals surface area (Å²) in [5.41, 5.74) is 2.06. The zero-order valence-corrected chi connectivity index (χ0v) is 17.5. The highest BCUT2D eigenvalue weighted by molar-refractivity contribution is 5.91. The number of unbranched alkanes of at least 4 members (excludes halogenated alkanes) is 2. The summed E-state index contributed by atoms with van der Waals surface area (Å²) < 4.78 is 11.2. The van der Waals surface area contributed by atoms with Gasteiger partial charge in [-0.05, 0) is 54.3 Å². The van der Waals surface area contributed by atoms with E-state index in [1.807, 2.05) is 18.2 Å². The molecule has 2 N–H and O–H groups in total. The highest BCUT2D eigenvalue weighted by Crippen LogP contribution is 2.28. The number of amides is 1. The molecule has 160 valence electrons. The molecule has 0 aliphatic rings. The Morgan fingerprint density at radius 1 is 1.07 bits per heavy atom. The number of rotatable bonds is 12. The SMILES string of the molecule is CCCCCOc1cc(C=CC(=O)NCCc2ccc(C(=O)O)cc2)ccc1OC. The molecule has 0 aliphatic carbocycles. The predicted octanol–water partition coefficient (Wildman–Crippen LogP) is 4.33. The molecule has 0 saturated heterocycles. The number of carbonyl (C=O) groups excluding carboxylic acids is 1. The minimum atomic E-state index is -0.951. The summed E-state index contributed by atoms with van der Waals surface area (Å²) in [5.74, 6) is 0.189. The number of carbonyl (C=O) groups is 2. The van der Waals surface area contributed by atoms with Crippen LogP contribution in [0.1, 0.15) is 47.7 Å². The molecule has 0 radical (unpaired) electrons. The Bertz CT molecular complexity index is 858. The van der Waals surface area contributed by atoms with Crippen LogP contribution in [0.25, 0.3) is 6.08 Å². The van der Waals surface area contributed by atoms with Crippen molar-refractivity contribution in [3.63, 3.8) is 0 Å². The molecule has 2 aromatic carbocycles. The van der Waals surface area contributed by atoms with E-state index in [-0.39, 0.29) is 11.5 Å². The van der Waals surface area contributed by atoms with Crippen molar-refractivity contribution in [3.05, 3.63) is 65.2 Å². The maximum Gasteiger partial charge on any atom is 0.335 e. The Kier molecular flexibility index (Phi) is 9.45. The maximum absolute atomic E-state index is 12.1. The van der Waals surface area contributed by atoms with Gasteiger partial charge in [0, 0.05) is 12.6 Å². The van der Waals surface area contributed by atoms with Gasteiger partial charge in [0.2, 0.25) is 5.91 Å². The minimum Gasteiger partial charge on any atom is -0.493 e. The highest BCUT2D eigenvalue weighted by atomic mass is 16.5. The van der Waals surface area contributed by atoms with Crippen molar-refractivity contribution in [2.45, 2.75) is 32.6 Å². The Morgan fingerprint density at radius 2 is 1.83 bits per heavy atom. The number of hydrogen-bond donors (Lipinski definition) is 2. The van der Waals surface area contributed by atoms with E-state index in [1.165, 1.54) is 6.08 Å². The molecular formula is C24H29NO5. The van der Waals surface area contributed by atoms with Gasteiger partial charge in [-0.3, -0.25) is 4.79 Å². The second kappa shape index (κ2) is 12.3. The number of carboxylic acids is 1. The van der Waals surface area contributed by atoms with E-state index in [0.29, 0.717) is 31.1 Å². The van der Waals surface area contributed by atoms with Crippen molar-refractivity contribution in [2.24, 2.45) is 0 Å². The fraction of sp³-hybridized carbons (Fsp3) is 0.333. The quantitative estimate of drug-likeness (QED) is 0.401. The van der Waals surface area contributed by atoms with Crippen molar-refractivity contribution in [1.29, 1.82) is 0 Å². The third-order valence-corrected chi connectivity index (χ3v) is 4.53. The topological polar surface area (TPSA) is 84.9 Å². The monoisotopic (exact) mass is 411 g/mol. The van der Waals surface area contributed by atoms with Crippen LogP contribution in [0.4, 0.5) is 0 Å². The summed E-state index contributed by atoms with van der Waals surface area (Å²) in [6, 6.07) is 12.2. The smallest absolute Gasteiger partial charge is 0.335 e. The Labute approximate surface area is 177 Å². The molecule has 0 unspecified atom stereocenters. The zero-order valence-electron chi connectivity index (χ0n) is 17.5. The van der Waals surface area contributed by atoms with E-state index in [1.54, 1.807) is 37.5 Å². The number of aromatic carboxylic acids is 1. The molecule has 2 aromatic rings. The third-order valence-electron chi connectivity index (χ3n) is 4.53. The van der Waals surface area contributed by atoms with Crippen LogP contribution in [0.3, 0.4) is 0 Å². The van der Waals surface area contributed by atoms with Crippen LogP contribution in [-0.2, 0) is 11.2 Å². The molecular weight excluding hydrogens is 382 g/mol. The second-order valence-corrected chi connectivity index (χ2v) is 6.84. The average molecular weight is 411 g/mol. The lowest BCUT2D eigenvalue weighted by atomic mass is 10.1. The number of methoxy groups -OCH3 is 1. The summed E-state index contributed by atoms with van der Waals surface area (Å²) in [7, 11) is 1.60. The molecule has 0 aliphatic heterocycles. The summed E-state index contributed by atoms with van der Waals surface area (Å²) >= 11 is 0. The van der Waals surface area contributed by atoms with Crippen LogP contribution in [0.15, 0.2) is 48.5 Å². The first-order valence-corrected chi connectivity index (χ1v) is 10.1. The van der Waals surface area contributed by atoms with Gasteiger partial charge in [-0.2, -0.15) is 0 Å². The van der Waals surface area contributed by atoms with Gasteiger partial charge in [0.25, 0.3) is 0 Å². The van der Waals surface area contributed by atoms with E-state index in [2.05, 4.69) is 12.2 Å². The van der Waals surface area contributed by atoms with Crippen LogP contribution < -0.4 is 14.8 Å². The molecule has 0 fully saturated rings. The summed E-state index contributed by atoms with van der Waals surface area (Å²) in [6.07, 6.45) is 7.07. The molecule has 0 saturated carbocycles. The Balaban J connectivity index is 1.85. The zero-order chi connectivity index (χ0) is 21.8. The number of ether oxygens (including phenoxy) is 2. The predicted molar refractivity (Wildman–Crippen MR) is 117 cm³/mol. The third kappa shape index (κ3) is 7.62. The number of carboxylic acid groups (broad SMARTS) is 1. The van der Waals surface area contributed by atoms with Gasteiger partial charge in [0.1, 0.15) is 0 Å². The fourth-order valence-electron chi connectivity index (χ4n) is 2.82. The highest BCUT2D eigenvalue weighted by Gasteiger charge is 2.06. The molecule has 0 aromatic heterocycles. The molecule has 2 rings (SSSR count). The first kappa shape index (κ1) is 23.0. The Hall–Kier alpha value is -3.28. The van der Waals surface area contributed by atoms with Gasteiger partial charge < -0.3 is 19.9 Å². The van der Waals surface area contributed by atoms with Gasteiger partial charge in [-0.15, -0.1) is 0 Å². The van der Waals surface area contributed by atoms with Gasteiger partial charge >= 0.3 is 5.97 Å². The van der Waals surface area contributed by atoms with Crippen LogP contribution >= 0.6 is 0 Å². The van der Waals surface area contributed by atoms with Crippen molar-refractivity contribution in [2.75, 3.05) is 20.3 Å². The average Bonchev–Trinajstić information content (AvgIpc) is 2.75. The van der Waals surface area contributed by atoms with Crippen LogP contribution in [0.2, 0.25) is 0 Å². The van der Waals surface area contributed by atoms with Crippen LogP contribution in [0.5, 0.6) is 11.5 Å². The number of benzene rings is 2. The lowest BCUT2D eigenvalue weighted by Gasteiger charge is -2.11. The summed E-state index contributed by atoms with van der Waals surface area (Å²) in [4.78, 5) is 22.9. The van der Waals surface area contributed by atoms with Crippen LogP contribution in [0, 0.1) is 0 Å². The molecule has 1 amide bonds. The van der Waals surface area contributed by atoms with Gasteiger partial charge in [-0.1, -0.05) is 38.0 Å². The Morgan fingerprint density at radius 3 is 2.50 bits per heavy atom. The fourth-order valence-corrected chi connectivity index (χ4v) is 2.82. The lowest BCUT2D eigenvalue weighted by Crippen LogP contribution is -2.23. The minimum absolute atomic E-state index is 0.196. The largest absolute Gasteiger partial charge is 0.493 e. The van der Waals surface area contributed by atoms with E-state index in [0.717, 1.165) is 30.4 Å².